The molecule has 0 aromatic carbocycles. The van der Waals surface area contributed by atoms with Crippen LogP contribution in [-0.2, 0) is 9.47 Å². The molecule has 0 aliphatic carbocycles. The van der Waals surface area contributed by atoms with Crippen molar-refractivity contribution in [3.8, 4) is 0 Å². The van der Waals surface area contributed by atoms with Crippen molar-refractivity contribution in [2.75, 3.05) is 6.61 Å². The molecule has 3 heteroatoms. The Morgan fingerprint density at radius 3 is 2.09 bits per heavy atom. The summed E-state index contributed by atoms with van der Waals surface area (Å²) < 4.78 is 11.0. The summed E-state index contributed by atoms with van der Waals surface area (Å²) in [5.41, 5.74) is -0.538. The Morgan fingerprint density at radius 1 is 1.36 bits per heavy atom. The molecule has 0 radical (unpaired) electrons. The molecule has 0 spiro atoms. The molecule has 0 aromatic heterocycles. The molecular formula is C8H16O3. The highest BCUT2D eigenvalue weighted by Gasteiger charge is 2.47. The quantitative estimate of drug-likeness (QED) is 0.619. The summed E-state index contributed by atoms with van der Waals surface area (Å²) in [4.78, 5) is 0. The van der Waals surface area contributed by atoms with Crippen molar-refractivity contribution >= 4 is 0 Å². The van der Waals surface area contributed by atoms with E-state index in [1.54, 1.807) is 0 Å². The van der Waals surface area contributed by atoms with Gasteiger partial charge in [0.1, 0.15) is 5.60 Å². The van der Waals surface area contributed by atoms with Gasteiger partial charge in [0, 0.05) is 0 Å². The van der Waals surface area contributed by atoms with Crippen LogP contribution in [0.1, 0.15) is 27.7 Å². The van der Waals surface area contributed by atoms with E-state index in [0.717, 1.165) is 0 Å². The van der Waals surface area contributed by atoms with Crippen LogP contribution < -0.4 is 0 Å². The van der Waals surface area contributed by atoms with Crippen LogP contribution in [0, 0.1) is 0 Å². The second-order valence-electron chi connectivity index (χ2n) is 3.73. The fraction of sp³-hybridized carbons (Fsp3) is 1.00. The fourth-order valence-electron chi connectivity index (χ4n) is 1.38. The number of hydrogen-bond donors (Lipinski definition) is 1. The van der Waals surface area contributed by atoms with Crippen LogP contribution in [0.3, 0.4) is 0 Å². The first-order valence-corrected chi connectivity index (χ1v) is 3.88. The molecule has 1 aliphatic rings. The average Bonchev–Trinajstić information content (AvgIpc) is 2.03. The Bertz CT molecular complexity index is 155. The van der Waals surface area contributed by atoms with Gasteiger partial charge in [0.05, 0.1) is 12.7 Å². The topological polar surface area (TPSA) is 38.7 Å². The normalized spacial score (nSPS) is 42.8. The minimum atomic E-state index is -0.559. The molecule has 0 bridgehead atoms. The van der Waals surface area contributed by atoms with E-state index in [-0.39, 0.29) is 12.7 Å². The first-order chi connectivity index (χ1) is 4.90. The lowest BCUT2D eigenvalue weighted by atomic mass is 10.0. The molecule has 0 saturated carbocycles. The highest BCUT2D eigenvalue weighted by Crippen LogP contribution is 2.35. The number of aliphatic hydroxyl groups excluding tert-OH is 1. The molecule has 1 fully saturated rings. The number of ether oxygens (including phenoxy) is 2. The average molecular weight is 160 g/mol. The smallest absolute Gasteiger partial charge is 0.164 e. The van der Waals surface area contributed by atoms with Crippen LogP contribution in [-0.4, -0.2) is 29.2 Å². The Labute approximate surface area is 67.3 Å². The minimum absolute atomic E-state index is 0.00238. The Balaban J connectivity index is 2.73. The standard InChI is InChI=1S/C8H16O3/c1-6-8(4,5-9)11-7(2,3)10-6/h6,9H,5H2,1-4H3/t6-,8+/m1/s1. The predicted octanol–water partition coefficient (Wildman–Crippen LogP) is 0.909. The molecular weight excluding hydrogens is 144 g/mol. The zero-order valence-corrected chi connectivity index (χ0v) is 7.55. The Kier molecular flexibility index (Phi) is 1.99. The maximum atomic E-state index is 9.02. The molecule has 0 unspecified atom stereocenters. The van der Waals surface area contributed by atoms with Gasteiger partial charge in [-0.2, -0.15) is 0 Å². The third-order valence-electron chi connectivity index (χ3n) is 2.11. The monoisotopic (exact) mass is 160 g/mol. The zero-order chi connectivity index (χ0) is 8.70. The molecule has 0 aromatic rings. The van der Waals surface area contributed by atoms with E-state index in [0.29, 0.717) is 0 Å². The second-order valence-corrected chi connectivity index (χ2v) is 3.73. The van der Waals surface area contributed by atoms with E-state index in [2.05, 4.69) is 0 Å². The highest BCUT2D eigenvalue weighted by molar-refractivity contribution is 4.89. The maximum absolute atomic E-state index is 9.02. The van der Waals surface area contributed by atoms with E-state index >= 15 is 0 Å². The number of hydrogen-bond acceptors (Lipinski definition) is 3. The van der Waals surface area contributed by atoms with Crippen molar-refractivity contribution in [1.29, 1.82) is 0 Å². The van der Waals surface area contributed by atoms with Crippen molar-refractivity contribution < 1.29 is 14.6 Å². The summed E-state index contributed by atoms with van der Waals surface area (Å²) in [5.74, 6) is -0.559. The molecule has 11 heavy (non-hydrogen) atoms. The largest absolute Gasteiger partial charge is 0.393 e. The van der Waals surface area contributed by atoms with Gasteiger partial charge in [-0.25, -0.2) is 0 Å². The van der Waals surface area contributed by atoms with Crippen LogP contribution >= 0.6 is 0 Å². The van der Waals surface area contributed by atoms with Gasteiger partial charge in [-0.3, -0.25) is 0 Å². The molecule has 1 rings (SSSR count). The van der Waals surface area contributed by atoms with Gasteiger partial charge in [-0.1, -0.05) is 0 Å². The Morgan fingerprint density at radius 2 is 1.91 bits per heavy atom. The molecule has 0 amide bonds. The van der Waals surface area contributed by atoms with E-state index in [1.165, 1.54) is 0 Å². The van der Waals surface area contributed by atoms with Crippen LogP contribution in [0.15, 0.2) is 0 Å². The summed E-state index contributed by atoms with van der Waals surface area (Å²) in [6.07, 6.45) is -0.0532. The lowest BCUT2D eigenvalue weighted by Gasteiger charge is -2.24. The van der Waals surface area contributed by atoms with Crippen molar-refractivity contribution in [1.82, 2.24) is 0 Å². The van der Waals surface area contributed by atoms with Crippen LogP contribution in [0.2, 0.25) is 0 Å². The van der Waals surface area contributed by atoms with Crippen LogP contribution in [0.25, 0.3) is 0 Å². The van der Waals surface area contributed by atoms with Gasteiger partial charge in [0.2, 0.25) is 0 Å². The summed E-state index contributed by atoms with van der Waals surface area (Å²) >= 11 is 0. The van der Waals surface area contributed by atoms with E-state index in [4.69, 9.17) is 14.6 Å². The van der Waals surface area contributed by atoms with Gasteiger partial charge < -0.3 is 14.6 Å². The number of aliphatic hydroxyl groups is 1. The Hall–Kier alpha value is -0.120. The molecule has 2 atom stereocenters. The van der Waals surface area contributed by atoms with Crippen molar-refractivity contribution in [3.63, 3.8) is 0 Å². The van der Waals surface area contributed by atoms with Gasteiger partial charge in [-0.15, -0.1) is 0 Å². The van der Waals surface area contributed by atoms with Crippen LogP contribution in [0.4, 0.5) is 0 Å². The summed E-state index contributed by atoms with van der Waals surface area (Å²) in [6, 6.07) is 0. The lowest BCUT2D eigenvalue weighted by Crippen LogP contribution is -2.39. The highest BCUT2D eigenvalue weighted by atomic mass is 16.8. The van der Waals surface area contributed by atoms with E-state index in [1.807, 2.05) is 27.7 Å². The van der Waals surface area contributed by atoms with Crippen molar-refractivity contribution in [3.05, 3.63) is 0 Å². The maximum Gasteiger partial charge on any atom is 0.164 e. The van der Waals surface area contributed by atoms with Crippen molar-refractivity contribution in [2.24, 2.45) is 0 Å². The second kappa shape index (κ2) is 2.44. The molecule has 3 nitrogen and oxygen atoms in total. The first kappa shape index (κ1) is 8.97. The third-order valence-corrected chi connectivity index (χ3v) is 2.11. The fourth-order valence-corrected chi connectivity index (χ4v) is 1.38. The molecule has 66 valence electrons. The summed E-state index contributed by atoms with van der Waals surface area (Å²) in [5, 5.41) is 9.02. The molecule has 1 aliphatic heterocycles. The van der Waals surface area contributed by atoms with E-state index in [9.17, 15) is 0 Å². The predicted molar refractivity (Wildman–Crippen MR) is 41.2 cm³/mol. The third kappa shape index (κ3) is 1.55. The van der Waals surface area contributed by atoms with Gasteiger partial charge in [-0.05, 0) is 27.7 Å². The summed E-state index contributed by atoms with van der Waals surface area (Å²) in [7, 11) is 0. The summed E-state index contributed by atoms with van der Waals surface area (Å²) in [6.45, 7) is 7.46. The van der Waals surface area contributed by atoms with Gasteiger partial charge in [0.15, 0.2) is 5.79 Å². The molecule has 1 heterocycles. The zero-order valence-electron chi connectivity index (χ0n) is 7.55. The SMILES string of the molecule is C[C@H]1OC(C)(C)O[C@@]1(C)CO. The number of rotatable bonds is 1. The first-order valence-electron chi connectivity index (χ1n) is 3.88. The molecule has 1 saturated heterocycles. The molecule has 1 N–H and O–H groups in total. The van der Waals surface area contributed by atoms with Gasteiger partial charge in [0.25, 0.3) is 0 Å². The van der Waals surface area contributed by atoms with E-state index < -0.39 is 11.4 Å². The van der Waals surface area contributed by atoms with Crippen LogP contribution in [0.5, 0.6) is 0 Å². The van der Waals surface area contributed by atoms with Crippen molar-refractivity contribution in [2.45, 2.75) is 45.2 Å². The van der Waals surface area contributed by atoms with Gasteiger partial charge >= 0.3 is 0 Å². The lowest BCUT2D eigenvalue weighted by molar-refractivity contribution is -0.165. The minimum Gasteiger partial charge on any atom is -0.393 e.